The molecule has 0 saturated carbocycles. The number of benzene rings is 3. The summed E-state index contributed by atoms with van der Waals surface area (Å²) in [5.74, 6) is 0. The molecular weight excluding hydrogens is 568 g/mol. The summed E-state index contributed by atoms with van der Waals surface area (Å²) in [6.45, 7) is 13.2. The van der Waals surface area contributed by atoms with Crippen molar-refractivity contribution in [1.82, 2.24) is 25.1 Å². The number of aromatic nitrogens is 2. The third kappa shape index (κ3) is 11.5. The van der Waals surface area contributed by atoms with Crippen molar-refractivity contribution in [2.45, 2.75) is 40.0 Å². The Balaban J connectivity index is 0.000000199. The van der Waals surface area contributed by atoms with Crippen LogP contribution in [0.15, 0.2) is 79.0 Å². The number of hydrogen-bond donors (Lipinski definition) is 3. The number of carbonyl (C=O) groups is 1. The average molecular weight is 625 g/mol. The molecule has 0 unspecified atom stereocenters. The van der Waals surface area contributed by atoms with Crippen LogP contribution in [0.5, 0.6) is 0 Å². The molecule has 7 heteroatoms. The molecule has 7 nitrogen and oxygen atoms in total. The van der Waals surface area contributed by atoms with E-state index in [1.54, 1.807) is 0 Å². The van der Waals surface area contributed by atoms with E-state index < -0.39 is 0 Å². The second-order valence-corrected chi connectivity index (χ2v) is 12.2. The van der Waals surface area contributed by atoms with Crippen LogP contribution < -0.4 is 10.2 Å². The van der Waals surface area contributed by atoms with Gasteiger partial charge in [-0.3, -0.25) is 4.79 Å². The summed E-state index contributed by atoms with van der Waals surface area (Å²) < 4.78 is 0. The largest absolute Gasteiger partial charge is 0.371 e. The van der Waals surface area contributed by atoms with Gasteiger partial charge in [0.05, 0.1) is 5.69 Å². The quantitative estimate of drug-likeness (QED) is 0.185. The number of likely N-dealkylation sites (N-methyl/N-ethyl adjacent to an activating group) is 1. The highest BCUT2D eigenvalue weighted by Gasteiger charge is 2.17. The van der Waals surface area contributed by atoms with Crippen LogP contribution in [-0.2, 0) is 12.8 Å². The Kier molecular flexibility index (Phi) is 15.6. The van der Waals surface area contributed by atoms with Gasteiger partial charge in [-0.25, -0.2) is 0 Å². The predicted molar refractivity (Wildman–Crippen MR) is 199 cm³/mol. The smallest absolute Gasteiger partial charge is 0.166 e. The monoisotopic (exact) mass is 624 g/mol. The van der Waals surface area contributed by atoms with Crippen molar-refractivity contribution in [3.8, 4) is 0 Å². The molecule has 5 aromatic rings. The van der Waals surface area contributed by atoms with Crippen LogP contribution in [0.1, 0.15) is 47.4 Å². The lowest BCUT2D eigenvalue weighted by Gasteiger charge is -2.31. The zero-order chi connectivity index (χ0) is 33.3. The Labute approximate surface area is 277 Å². The zero-order valence-electron chi connectivity index (χ0n) is 29.2. The van der Waals surface area contributed by atoms with Gasteiger partial charge in [0.1, 0.15) is 0 Å². The molecule has 0 radical (unpaired) electrons. The minimum Gasteiger partial charge on any atom is -0.371 e. The first kappa shape index (κ1) is 36.6. The van der Waals surface area contributed by atoms with E-state index >= 15 is 0 Å². The van der Waals surface area contributed by atoms with Crippen LogP contribution in [0, 0.1) is 6.92 Å². The van der Waals surface area contributed by atoms with Crippen LogP contribution in [0.25, 0.3) is 21.8 Å². The fourth-order valence-corrected chi connectivity index (χ4v) is 5.57. The molecule has 3 aromatic carbocycles. The molecule has 0 amide bonds. The summed E-state index contributed by atoms with van der Waals surface area (Å²) in [7, 11) is 8.15. The molecule has 46 heavy (non-hydrogen) atoms. The number of rotatable bonds is 4. The number of aromatic amines is 2. The van der Waals surface area contributed by atoms with E-state index in [1.807, 2.05) is 70.2 Å². The molecule has 1 saturated heterocycles. The normalized spacial score (nSPS) is 14.0. The van der Waals surface area contributed by atoms with Crippen molar-refractivity contribution in [2.75, 3.05) is 72.4 Å². The lowest BCUT2D eigenvalue weighted by molar-refractivity contribution is 0.111. The fourth-order valence-electron chi connectivity index (χ4n) is 5.57. The van der Waals surface area contributed by atoms with Crippen LogP contribution in [0.2, 0.25) is 0 Å². The highest BCUT2D eigenvalue weighted by atomic mass is 16.1. The van der Waals surface area contributed by atoms with Gasteiger partial charge in [-0.15, -0.1) is 0 Å². The predicted octanol–water partition coefficient (Wildman–Crippen LogP) is 7.18. The van der Waals surface area contributed by atoms with E-state index in [2.05, 4.69) is 87.7 Å². The van der Waals surface area contributed by atoms with Crippen LogP contribution >= 0.6 is 0 Å². The average Bonchev–Trinajstić information content (AvgIpc) is 3.69. The summed E-state index contributed by atoms with van der Waals surface area (Å²) >= 11 is 0. The number of anilines is 1. The molecule has 2 aliphatic rings. The van der Waals surface area contributed by atoms with Gasteiger partial charge in [-0.1, -0.05) is 67.9 Å². The Morgan fingerprint density at radius 2 is 1.54 bits per heavy atom. The van der Waals surface area contributed by atoms with E-state index in [4.69, 9.17) is 0 Å². The van der Waals surface area contributed by atoms with E-state index in [1.165, 1.54) is 65.8 Å². The number of aldehydes is 1. The third-order valence-electron chi connectivity index (χ3n) is 7.79. The molecule has 0 atom stereocenters. The topological polar surface area (TPSA) is 70.4 Å². The number of fused-ring (bicyclic) bond motifs is 3. The van der Waals surface area contributed by atoms with Gasteiger partial charge in [-0.05, 0) is 89.8 Å². The molecule has 2 aliphatic heterocycles. The van der Waals surface area contributed by atoms with E-state index in [-0.39, 0.29) is 0 Å². The van der Waals surface area contributed by atoms with Crippen molar-refractivity contribution in [2.24, 2.45) is 0 Å². The molecule has 7 rings (SSSR count). The summed E-state index contributed by atoms with van der Waals surface area (Å²) in [6.07, 6.45) is 6.58. The van der Waals surface area contributed by atoms with Gasteiger partial charge in [0.2, 0.25) is 0 Å². The molecule has 248 valence electrons. The molecular formula is C39H56N6O. The second-order valence-electron chi connectivity index (χ2n) is 12.2. The summed E-state index contributed by atoms with van der Waals surface area (Å²) in [5, 5.41) is 5.72. The molecule has 3 N–H and O–H groups in total. The van der Waals surface area contributed by atoms with Gasteiger partial charge >= 0.3 is 0 Å². The van der Waals surface area contributed by atoms with E-state index in [0.29, 0.717) is 5.69 Å². The summed E-state index contributed by atoms with van der Waals surface area (Å²) in [5.41, 5.74) is 8.64. The van der Waals surface area contributed by atoms with Crippen LogP contribution in [0.3, 0.4) is 0 Å². The maximum Gasteiger partial charge on any atom is 0.166 e. The van der Waals surface area contributed by atoms with E-state index in [9.17, 15) is 4.79 Å². The number of para-hydroxylation sites is 2. The molecule has 0 bridgehead atoms. The SMILES string of the molecule is CC.CN(C)C.CN1CCNCC1.Cc1ccc2c(c1)CCCN2CCc1c[nH]c2ccccc12.O=Cc1cc2ccccc2[nH]1. The van der Waals surface area contributed by atoms with Crippen molar-refractivity contribution in [3.63, 3.8) is 0 Å². The Hall–Kier alpha value is -3.91. The Morgan fingerprint density at radius 3 is 2.20 bits per heavy atom. The van der Waals surface area contributed by atoms with Gasteiger partial charge in [0.25, 0.3) is 0 Å². The number of nitrogens with one attached hydrogen (secondary N) is 3. The summed E-state index contributed by atoms with van der Waals surface area (Å²) in [6, 6.07) is 25.1. The summed E-state index contributed by atoms with van der Waals surface area (Å²) in [4.78, 5) is 23.6. The first-order valence-corrected chi connectivity index (χ1v) is 16.8. The number of hydrogen-bond acceptors (Lipinski definition) is 5. The maximum absolute atomic E-state index is 10.3. The molecule has 2 aromatic heterocycles. The molecule has 4 heterocycles. The first-order valence-electron chi connectivity index (χ1n) is 16.8. The van der Waals surface area contributed by atoms with Gasteiger partial charge in [0, 0.05) is 73.0 Å². The van der Waals surface area contributed by atoms with Crippen molar-refractivity contribution in [3.05, 3.63) is 101 Å². The van der Waals surface area contributed by atoms with E-state index in [0.717, 1.165) is 43.2 Å². The van der Waals surface area contributed by atoms with Gasteiger partial charge < -0.3 is 30.0 Å². The molecule has 0 aliphatic carbocycles. The van der Waals surface area contributed by atoms with Crippen LogP contribution in [0.4, 0.5) is 5.69 Å². The van der Waals surface area contributed by atoms with Gasteiger partial charge in [-0.2, -0.15) is 0 Å². The second kappa shape index (κ2) is 19.6. The number of piperazine rings is 1. The maximum atomic E-state index is 10.3. The standard InChI is InChI=1S/C20H22N2.C9H7NO.C5H12N2.C3H9N.C2H6/c1-15-8-9-20-16(13-15)5-4-11-22(20)12-10-17-14-21-19-7-3-2-6-18(17)19;11-6-8-5-7-3-1-2-4-9(7)10-8;1-7-4-2-6-3-5-7;1-4(2)3;1-2/h2-3,6-9,13-14,21H,4-5,10-12H2,1H3;1-6,10H;6H,2-5H2,1H3;1-3H3;1-2H3. The highest BCUT2D eigenvalue weighted by Crippen LogP contribution is 2.28. The number of carbonyl (C=O) groups excluding carboxylic acids is 1. The van der Waals surface area contributed by atoms with Crippen LogP contribution in [-0.4, -0.2) is 93.5 Å². The minimum absolute atomic E-state index is 0.631. The van der Waals surface area contributed by atoms with Gasteiger partial charge in [0.15, 0.2) is 6.29 Å². The van der Waals surface area contributed by atoms with Crippen molar-refractivity contribution >= 4 is 33.8 Å². The van der Waals surface area contributed by atoms with Crippen molar-refractivity contribution < 1.29 is 4.79 Å². The highest BCUT2D eigenvalue weighted by molar-refractivity contribution is 5.87. The zero-order valence-corrected chi connectivity index (χ0v) is 29.2. The minimum atomic E-state index is 0.631. The first-order chi connectivity index (χ1) is 22.3. The lowest BCUT2D eigenvalue weighted by Crippen LogP contribution is -2.40. The molecule has 1 fully saturated rings. The number of H-pyrrole nitrogens is 2. The number of aryl methyl sites for hydroxylation is 2. The van der Waals surface area contributed by atoms with Crippen molar-refractivity contribution in [1.29, 1.82) is 0 Å². The third-order valence-corrected chi connectivity index (χ3v) is 7.79. The molecule has 0 spiro atoms. The fraction of sp³-hybridized carbons (Fsp3) is 0.410. The Bertz CT molecular complexity index is 1540. The lowest BCUT2D eigenvalue weighted by atomic mass is 9.99. The number of nitrogens with zero attached hydrogens (tertiary/aromatic N) is 3. The Morgan fingerprint density at radius 1 is 0.870 bits per heavy atom.